The Morgan fingerprint density at radius 3 is 2.76 bits per heavy atom. The maximum Gasteiger partial charge on any atom is 0.218 e. The maximum atomic E-state index is 5.54. The fourth-order valence-electron chi connectivity index (χ4n) is 1.21. The Kier molecular flexibility index (Phi) is 5.65. The van der Waals surface area contributed by atoms with Gasteiger partial charge < -0.3 is 14.9 Å². The third kappa shape index (κ3) is 4.97. The Bertz CT molecular complexity index is 344. The first kappa shape index (κ1) is 13.7. The minimum Gasteiger partial charge on any atom is -0.478 e. The number of nitrogens with one attached hydrogen (secondary N) is 1. The molecule has 6 heteroatoms. The molecule has 0 atom stereocenters. The zero-order valence-corrected chi connectivity index (χ0v) is 10.6. The lowest BCUT2D eigenvalue weighted by atomic mass is 10.1. The molecule has 1 rings (SSSR count). The minimum absolute atomic E-state index is 0.329. The van der Waals surface area contributed by atoms with E-state index in [4.69, 9.17) is 15.3 Å². The van der Waals surface area contributed by atoms with Gasteiger partial charge in [-0.2, -0.15) is 4.98 Å². The highest BCUT2D eigenvalue weighted by atomic mass is 16.5. The van der Waals surface area contributed by atoms with Crippen molar-refractivity contribution in [2.24, 2.45) is 11.8 Å². The number of nitrogens with zero attached hydrogens (tertiary/aromatic N) is 2. The molecule has 1 aromatic heterocycles. The normalized spacial score (nSPS) is 10.6. The van der Waals surface area contributed by atoms with Crippen molar-refractivity contribution in [3.8, 4) is 5.88 Å². The first-order valence-corrected chi connectivity index (χ1v) is 5.62. The SMILES string of the molecule is COCc1nc(NN)cc(OCCC(C)C)n1. The standard InChI is InChI=1S/C11H20N4O2/c1-8(2)4-5-17-11-6-9(15-12)13-10(14-11)7-16-3/h6,8H,4-5,7,12H2,1-3H3,(H,13,14,15). The van der Waals surface area contributed by atoms with E-state index < -0.39 is 0 Å². The molecule has 0 radical (unpaired) electrons. The Morgan fingerprint density at radius 1 is 1.41 bits per heavy atom. The summed E-state index contributed by atoms with van der Waals surface area (Å²) in [5, 5.41) is 0. The number of aromatic nitrogens is 2. The number of anilines is 1. The number of hydrogen-bond donors (Lipinski definition) is 2. The van der Waals surface area contributed by atoms with Crippen LogP contribution in [0.1, 0.15) is 26.1 Å². The summed E-state index contributed by atoms with van der Waals surface area (Å²) >= 11 is 0. The highest BCUT2D eigenvalue weighted by Crippen LogP contribution is 2.14. The molecule has 96 valence electrons. The lowest BCUT2D eigenvalue weighted by Gasteiger charge is -2.09. The van der Waals surface area contributed by atoms with E-state index >= 15 is 0 Å². The van der Waals surface area contributed by atoms with Gasteiger partial charge in [-0.25, -0.2) is 10.8 Å². The number of rotatable bonds is 7. The molecular formula is C11H20N4O2. The van der Waals surface area contributed by atoms with Crippen molar-refractivity contribution in [3.63, 3.8) is 0 Å². The summed E-state index contributed by atoms with van der Waals surface area (Å²) in [7, 11) is 1.59. The van der Waals surface area contributed by atoms with Crippen LogP contribution in [-0.4, -0.2) is 23.7 Å². The summed E-state index contributed by atoms with van der Waals surface area (Å²) in [6, 6.07) is 1.67. The van der Waals surface area contributed by atoms with Crippen LogP contribution in [0.15, 0.2) is 6.07 Å². The molecule has 0 unspecified atom stereocenters. The van der Waals surface area contributed by atoms with Gasteiger partial charge in [-0.05, 0) is 12.3 Å². The third-order valence-corrected chi connectivity index (χ3v) is 2.12. The van der Waals surface area contributed by atoms with Crippen LogP contribution in [0.2, 0.25) is 0 Å². The van der Waals surface area contributed by atoms with Gasteiger partial charge in [0.2, 0.25) is 5.88 Å². The molecule has 0 amide bonds. The van der Waals surface area contributed by atoms with Gasteiger partial charge in [-0.3, -0.25) is 0 Å². The number of hydrazine groups is 1. The predicted octanol–water partition coefficient (Wildman–Crippen LogP) is 1.33. The van der Waals surface area contributed by atoms with Crippen molar-refractivity contribution in [1.29, 1.82) is 0 Å². The van der Waals surface area contributed by atoms with Gasteiger partial charge in [0.15, 0.2) is 5.82 Å². The van der Waals surface area contributed by atoms with Crippen LogP contribution in [0.4, 0.5) is 5.82 Å². The van der Waals surface area contributed by atoms with Crippen molar-refractivity contribution in [2.45, 2.75) is 26.9 Å². The van der Waals surface area contributed by atoms with Gasteiger partial charge in [-0.1, -0.05) is 13.8 Å². The smallest absolute Gasteiger partial charge is 0.218 e. The minimum atomic E-state index is 0.329. The number of methoxy groups -OCH3 is 1. The molecule has 0 aliphatic heterocycles. The van der Waals surface area contributed by atoms with Crippen LogP contribution < -0.4 is 16.0 Å². The average Bonchev–Trinajstić information content (AvgIpc) is 2.28. The highest BCUT2D eigenvalue weighted by Gasteiger charge is 2.05. The first-order chi connectivity index (χ1) is 8.15. The summed E-state index contributed by atoms with van der Waals surface area (Å²) in [5.41, 5.74) is 2.48. The van der Waals surface area contributed by atoms with Crippen LogP contribution in [0, 0.1) is 5.92 Å². The second-order valence-corrected chi connectivity index (χ2v) is 4.12. The topological polar surface area (TPSA) is 82.3 Å². The van der Waals surface area contributed by atoms with E-state index in [9.17, 15) is 0 Å². The van der Waals surface area contributed by atoms with Crippen molar-refractivity contribution >= 4 is 5.82 Å². The second-order valence-electron chi connectivity index (χ2n) is 4.12. The Morgan fingerprint density at radius 2 is 2.18 bits per heavy atom. The monoisotopic (exact) mass is 240 g/mol. The van der Waals surface area contributed by atoms with Crippen LogP contribution in [0.25, 0.3) is 0 Å². The van der Waals surface area contributed by atoms with E-state index in [0.717, 1.165) is 6.42 Å². The van der Waals surface area contributed by atoms with Gasteiger partial charge in [0.05, 0.1) is 6.61 Å². The molecule has 1 heterocycles. The predicted molar refractivity (Wildman–Crippen MR) is 65.5 cm³/mol. The third-order valence-electron chi connectivity index (χ3n) is 2.12. The van der Waals surface area contributed by atoms with Crippen LogP contribution in [-0.2, 0) is 11.3 Å². The van der Waals surface area contributed by atoms with E-state index in [2.05, 4.69) is 29.2 Å². The number of nitrogen functional groups attached to an aromatic ring is 1. The molecule has 6 nitrogen and oxygen atoms in total. The van der Waals surface area contributed by atoms with Crippen LogP contribution in [0.5, 0.6) is 5.88 Å². The molecule has 0 aromatic carbocycles. The molecule has 0 aliphatic rings. The molecular weight excluding hydrogens is 220 g/mol. The number of nitrogens with two attached hydrogens (primary N) is 1. The lowest BCUT2D eigenvalue weighted by molar-refractivity contribution is 0.176. The van der Waals surface area contributed by atoms with Crippen molar-refractivity contribution in [1.82, 2.24) is 9.97 Å². The Labute approximate surface area is 102 Å². The summed E-state index contributed by atoms with van der Waals surface area (Å²) in [5.74, 6) is 7.50. The average molecular weight is 240 g/mol. The van der Waals surface area contributed by atoms with Crippen molar-refractivity contribution < 1.29 is 9.47 Å². The second kappa shape index (κ2) is 7.03. The van der Waals surface area contributed by atoms with E-state index in [1.54, 1.807) is 13.2 Å². The molecule has 0 fully saturated rings. The molecule has 0 spiro atoms. The van der Waals surface area contributed by atoms with Crippen LogP contribution in [0.3, 0.4) is 0 Å². The van der Waals surface area contributed by atoms with E-state index in [0.29, 0.717) is 36.7 Å². The van der Waals surface area contributed by atoms with E-state index in [-0.39, 0.29) is 0 Å². The fourth-order valence-corrected chi connectivity index (χ4v) is 1.21. The summed E-state index contributed by atoms with van der Waals surface area (Å²) < 4.78 is 10.5. The Hall–Kier alpha value is -1.40. The number of hydrogen-bond acceptors (Lipinski definition) is 6. The van der Waals surface area contributed by atoms with E-state index in [1.807, 2.05) is 0 Å². The molecule has 0 saturated carbocycles. The van der Waals surface area contributed by atoms with Gasteiger partial charge in [0.25, 0.3) is 0 Å². The molecule has 0 aliphatic carbocycles. The van der Waals surface area contributed by atoms with Gasteiger partial charge >= 0.3 is 0 Å². The molecule has 17 heavy (non-hydrogen) atoms. The zero-order chi connectivity index (χ0) is 12.7. The van der Waals surface area contributed by atoms with Gasteiger partial charge in [0, 0.05) is 13.2 Å². The molecule has 0 saturated heterocycles. The van der Waals surface area contributed by atoms with E-state index in [1.165, 1.54) is 0 Å². The molecule has 1 aromatic rings. The number of ether oxygens (including phenoxy) is 2. The van der Waals surface area contributed by atoms with Gasteiger partial charge in [0.1, 0.15) is 12.4 Å². The largest absolute Gasteiger partial charge is 0.478 e. The van der Waals surface area contributed by atoms with Crippen LogP contribution >= 0.6 is 0 Å². The zero-order valence-electron chi connectivity index (χ0n) is 10.6. The van der Waals surface area contributed by atoms with Gasteiger partial charge in [-0.15, -0.1) is 0 Å². The summed E-state index contributed by atoms with van der Waals surface area (Å²) in [6.07, 6.45) is 0.981. The highest BCUT2D eigenvalue weighted by molar-refractivity contribution is 5.36. The van der Waals surface area contributed by atoms with Crippen molar-refractivity contribution in [2.75, 3.05) is 19.1 Å². The summed E-state index contributed by atoms with van der Waals surface area (Å²) in [4.78, 5) is 8.35. The van der Waals surface area contributed by atoms with Crippen molar-refractivity contribution in [3.05, 3.63) is 11.9 Å². The fraction of sp³-hybridized carbons (Fsp3) is 0.636. The lowest BCUT2D eigenvalue weighted by Crippen LogP contribution is -2.12. The first-order valence-electron chi connectivity index (χ1n) is 5.62. The maximum absolute atomic E-state index is 5.54. The quantitative estimate of drug-likeness (QED) is 0.552. The Balaban J connectivity index is 2.66. The summed E-state index contributed by atoms with van der Waals surface area (Å²) in [6.45, 7) is 5.25. The molecule has 3 N–H and O–H groups in total. The molecule has 0 bridgehead atoms.